The van der Waals surface area contributed by atoms with Gasteiger partial charge < -0.3 is 51.4 Å². The first kappa shape index (κ1) is 121. The molecule has 0 spiro atoms. The minimum absolute atomic E-state index is 0. The fraction of sp³-hybridized carbons (Fsp3) is 0.246. The van der Waals surface area contributed by atoms with Crippen LogP contribution in [0.15, 0.2) is 137 Å². The fourth-order valence-electron chi connectivity index (χ4n) is 9.16. The summed E-state index contributed by atoms with van der Waals surface area (Å²) in [5.74, 6) is -0.347. The highest BCUT2D eigenvalue weighted by Gasteiger charge is 2.31. The van der Waals surface area contributed by atoms with Gasteiger partial charge in [0.05, 0.1) is 139 Å². The average Bonchev–Trinajstić information content (AvgIpc) is 1.60. The van der Waals surface area contributed by atoms with E-state index in [9.17, 15) is 14.7 Å². The van der Waals surface area contributed by atoms with Crippen LogP contribution in [0.1, 0.15) is 61.7 Å². The number of rotatable bonds is 8. The molecule has 2 amide bonds. The number of carbonyl (C=O) groups excluding carboxylic acids is 2. The lowest BCUT2D eigenvalue weighted by atomic mass is 8.81. The van der Waals surface area contributed by atoms with Crippen molar-refractivity contribution < 1.29 is 34.0 Å². The molecule has 55 heteroatoms. The summed E-state index contributed by atoms with van der Waals surface area (Å²) in [7, 11) is 67.6. The molecule has 603 valence electrons. The van der Waals surface area contributed by atoms with Crippen LogP contribution < -0.4 is 22.1 Å². The van der Waals surface area contributed by atoms with Gasteiger partial charge in [0, 0.05) is 211 Å². The highest BCUT2D eigenvalue weighted by atomic mass is 127. The van der Waals surface area contributed by atoms with Gasteiger partial charge in [-0.25, -0.2) is 24.7 Å². The third-order valence-electron chi connectivity index (χ3n) is 14.2. The summed E-state index contributed by atoms with van der Waals surface area (Å²) < 4.78 is 24.8. The standard InChI is InChI=1S/C14H15N3O2S.C11H21NO4.C8H7ClINS.C8H3ClN2S.C8H5NOS.C7H4ClIN2S.C7H3ClINS.C6H5ClIN.B6.B5.B4.B3.B2.B/c1-9-5-17(6-11(7-18)19-9)12-3-2-10(4-15)13-14(12)20-8-16-13;1-8-5-12(6-9(7-13)15-8)10(14)16-11(2,3)4;9-6-1-2-7(10)5(3-6)4-8(11)12;9-6-2-1-5(3-10)7-8(6)12-4-11-7;10-8(9-6-11)7-4-2-1-3-5-7;8-3-1-2-4(9)5-6(3)12-7(10)11-5;8-4-1-2-5(9)6-7(4)11-3-10-6;7-4-1-2-5(8)6(9)3-4;1-5(2)6(3)4;1-4-5(2)3;1-4(2)3;1-3-2;1-2;/h2-3,8-9,11,18H,5-7H2,1H3;8-9,13H,5-7H2,1-4H3;1-3H,4H2,(H2,11,12);1-2,4H;1-5H;1-2H,(H2,10,11);1-3H;1-3H,9H2;;;;;;/t9-,11-;8-,9-;;;;;;;;;;;;/m11............/s1. The van der Waals surface area contributed by atoms with E-state index in [4.69, 9.17) is 171 Å². The molecule has 0 saturated carbocycles. The molecule has 0 aliphatic carbocycles. The average molecular weight is 2280 g/mol. The predicted molar refractivity (Wildman–Crippen MR) is 586 cm³/mol. The van der Waals surface area contributed by atoms with Gasteiger partial charge in [-0.15, -0.1) is 34.0 Å². The van der Waals surface area contributed by atoms with Crippen LogP contribution in [0.2, 0.25) is 25.1 Å². The highest BCUT2D eigenvalue weighted by Crippen LogP contribution is 2.36. The quantitative estimate of drug-likeness (QED) is 0.0310. The van der Waals surface area contributed by atoms with Crippen LogP contribution in [0.3, 0.4) is 0 Å². The largest absolute Gasteiger partial charge is 0.444 e. The fourth-order valence-corrected chi connectivity index (χ4v) is 16.1. The number of carbonyl (C=O) groups is 2. The number of aromatic nitrogens is 4. The molecule has 124 heavy (non-hydrogen) atoms. The molecule has 2 saturated heterocycles. The summed E-state index contributed by atoms with van der Waals surface area (Å²) in [4.78, 5) is 47.1. The normalized spacial score (nSPS) is 13.4. The molecule has 19 nitrogen and oxygen atoms in total. The number of fused-ring (bicyclic) bond motifs is 4. The molecule has 33 radical (unpaired) electrons. The van der Waals surface area contributed by atoms with Crippen LogP contribution in [-0.4, -0.2) is 283 Å². The summed E-state index contributed by atoms with van der Waals surface area (Å²) in [5.41, 5.74) is 29.3. The van der Waals surface area contributed by atoms with E-state index in [0.29, 0.717) is 68.4 Å². The number of thiazole rings is 4. The molecule has 2 aliphatic heterocycles. The van der Waals surface area contributed by atoms with Gasteiger partial charge in [-0.1, -0.05) is 99.8 Å². The zero-order chi connectivity index (χ0) is 93.4. The Balaban J connectivity index is 0.00000136. The lowest BCUT2D eigenvalue weighted by molar-refractivity contribution is -0.0956. The van der Waals surface area contributed by atoms with Gasteiger partial charge in [0.1, 0.15) is 28.8 Å². The number of nitrogens with two attached hydrogens (primary N) is 3. The molecule has 6 heterocycles. The van der Waals surface area contributed by atoms with Gasteiger partial charge in [-0.3, -0.25) is 4.79 Å². The van der Waals surface area contributed by atoms with Crippen molar-refractivity contribution in [2.24, 2.45) is 10.7 Å². The minimum atomic E-state index is -0.667. The number of thiocarbonyl (C=S) groups is 2. The van der Waals surface area contributed by atoms with Crippen molar-refractivity contribution in [3.8, 4) is 12.1 Å². The van der Waals surface area contributed by atoms with Crippen molar-refractivity contribution in [1.29, 1.82) is 10.5 Å². The molecule has 2 fully saturated rings. The molecular formula is C69H63B21Cl5I4N12O7S6. The number of nitriles is 2. The maximum atomic E-state index is 11.8. The Morgan fingerprint density at radius 3 is 1.52 bits per heavy atom. The first-order chi connectivity index (χ1) is 58.0. The number of hydrogen-bond donors (Lipinski definition) is 5. The lowest BCUT2D eigenvalue weighted by Crippen LogP contribution is -2.51. The number of anilines is 3. The summed E-state index contributed by atoms with van der Waals surface area (Å²) in [5, 5.41) is 42.4. The first-order valence-corrected chi connectivity index (χ1v) is 45.7. The number of halogens is 9. The number of morpholine rings is 2. The number of aliphatic hydroxyl groups is 2. The highest BCUT2D eigenvalue weighted by molar-refractivity contribution is 14.1. The summed E-state index contributed by atoms with van der Waals surface area (Å²) >= 11 is 53.2. The number of isothiocyanates is 1. The van der Waals surface area contributed by atoms with Crippen LogP contribution in [0.5, 0.6) is 0 Å². The van der Waals surface area contributed by atoms with Crippen molar-refractivity contribution in [3.05, 3.63) is 193 Å². The van der Waals surface area contributed by atoms with Crippen molar-refractivity contribution in [2.45, 2.75) is 71.1 Å². The van der Waals surface area contributed by atoms with Gasteiger partial charge in [-0.2, -0.15) is 15.5 Å². The zero-order valence-electron chi connectivity index (χ0n) is 67.1. The van der Waals surface area contributed by atoms with Crippen LogP contribution in [-0.2, 0) is 20.6 Å². The van der Waals surface area contributed by atoms with Gasteiger partial charge in [0.25, 0.3) is 5.91 Å². The summed E-state index contributed by atoms with van der Waals surface area (Å²) in [6, 6.07) is 39.0. The second-order valence-electron chi connectivity index (χ2n) is 25.2. The second kappa shape index (κ2) is 66.1. The van der Waals surface area contributed by atoms with Crippen molar-refractivity contribution in [3.63, 3.8) is 0 Å². The van der Waals surface area contributed by atoms with Gasteiger partial charge in [-0.05, 0) is 240 Å². The first-order valence-electron chi connectivity index (χ1n) is 35.2. The van der Waals surface area contributed by atoms with Crippen LogP contribution in [0.25, 0.3) is 40.9 Å². The lowest BCUT2D eigenvalue weighted by Gasteiger charge is -2.37. The number of aliphatic hydroxyl groups excluding tert-OH is 2. The third kappa shape index (κ3) is 47.2. The Hall–Kier alpha value is -3.32. The van der Waals surface area contributed by atoms with E-state index in [1.54, 1.807) is 69.7 Å². The number of nitrogens with zero attached hydrogens (tertiary/aromatic N) is 9. The van der Waals surface area contributed by atoms with Crippen molar-refractivity contribution >= 4 is 454 Å². The molecule has 11 aromatic rings. The van der Waals surface area contributed by atoms with Gasteiger partial charge in [0.2, 0.25) is 0 Å². The molecule has 8 N–H and O–H groups in total. The Labute approximate surface area is 856 Å². The number of amides is 2. The monoisotopic (exact) mass is 2280 g/mol. The number of benzene rings is 7. The molecule has 7 aromatic carbocycles. The maximum absolute atomic E-state index is 11.8. The molecule has 0 unspecified atom stereocenters. The van der Waals surface area contributed by atoms with Crippen LogP contribution in [0, 0.1) is 36.9 Å². The van der Waals surface area contributed by atoms with Crippen LogP contribution >= 0.6 is 218 Å². The zero-order valence-corrected chi connectivity index (χ0v) is 84.4. The van der Waals surface area contributed by atoms with E-state index < -0.39 is 31.1 Å². The van der Waals surface area contributed by atoms with E-state index in [-0.39, 0.29) is 58.0 Å². The predicted octanol–water partition coefficient (Wildman–Crippen LogP) is 11.5. The van der Waals surface area contributed by atoms with E-state index in [1.807, 2.05) is 118 Å². The van der Waals surface area contributed by atoms with E-state index in [1.165, 1.54) is 41.1 Å². The van der Waals surface area contributed by atoms with Crippen LogP contribution in [0.4, 0.5) is 21.3 Å². The minimum Gasteiger partial charge on any atom is -0.444 e. The Kier molecular flexibility index (Phi) is 64.3. The molecule has 4 atom stereocenters. The number of hydrogen-bond acceptors (Lipinski definition) is 22. The smallest absolute Gasteiger partial charge is 0.410 e. The van der Waals surface area contributed by atoms with E-state index >= 15 is 0 Å². The maximum Gasteiger partial charge on any atom is 0.410 e. The summed E-state index contributed by atoms with van der Waals surface area (Å²) in [6.07, 6.45) is -2.52. The van der Waals surface area contributed by atoms with Gasteiger partial charge in [0.15, 0.2) is 5.13 Å². The Bertz CT molecular complexity index is 5110. The summed E-state index contributed by atoms with van der Waals surface area (Å²) in [6.45, 7) is 11.6. The number of nitrogen functional groups attached to an aromatic ring is 2. The second-order valence-corrected chi connectivity index (χ2v) is 36.3. The third-order valence-corrected chi connectivity index (χ3v) is 23.5. The molecule has 0 bridgehead atoms. The Morgan fingerprint density at radius 1 is 0.645 bits per heavy atom. The van der Waals surface area contributed by atoms with Crippen molar-refractivity contribution in [2.75, 3.05) is 55.8 Å². The molecule has 2 aliphatic rings. The van der Waals surface area contributed by atoms with E-state index in [2.05, 4.69) is 199 Å². The van der Waals surface area contributed by atoms with Gasteiger partial charge >= 0.3 is 6.09 Å². The number of aliphatic imine (C=N–C) groups is 1. The molecule has 13 rings (SSSR count). The molecular weight excluding hydrogens is 2210 g/mol. The van der Waals surface area contributed by atoms with Crippen molar-refractivity contribution in [1.82, 2.24) is 24.8 Å². The van der Waals surface area contributed by atoms with E-state index in [0.717, 1.165) is 95.2 Å². The molecule has 4 aromatic heterocycles. The number of ether oxygens (including phenoxy) is 3. The SMILES string of the molecule is C[C@@H]1CN(C(=O)OC(C)(C)C)C[C@H](CO)O1.C[C@@H]1CN(c2ccc(C#N)c3ncsc23)C[C@H](CO)O1.Clc1ccc(I)c2ncsc12.N#Cc1ccc(Cl)c2scnc12.NC(=S)Cc1cc(Cl)ccc1I.Nc1cc(Cl)ccc1I.Nc1nc2c(I)ccc(Cl)c2s1.O=C(N=C=S)c1ccccc1.[B].[B]B([B])B([B])[B].[B]B([B])[B].[B][B].[B][B]B([B])[B].[B][B][B]. The topological polar surface area (TPSA) is 298 Å². The Morgan fingerprint density at radius 2 is 1.07 bits per heavy atom.